The second kappa shape index (κ2) is 5.10. The zero-order valence-corrected chi connectivity index (χ0v) is 10.9. The summed E-state index contributed by atoms with van der Waals surface area (Å²) < 4.78 is 5.33. The van der Waals surface area contributed by atoms with E-state index in [1.54, 1.807) is 4.90 Å². The van der Waals surface area contributed by atoms with Crippen molar-refractivity contribution in [3.05, 3.63) is 0 Å². The highest BCUT2D eigenvalue weighted by atomic mass is 32.2. The molecule has 0 aliphatic carbocycles. The van der Waals surface area contributed by atoms with E-state index in [9.17, 15) is 4.79 Å². The van der Waals surface area contributed by atoms with E-state index in [4.69, 9.17) is 4.74 Å². The maximum atomic E-state index is 11.8. The minimum atomic E-state index is -0.396. The topological polar surface area (TPSA) is 29.5 Å². The molecule has 4 heteroatoms. The summed E-state index contributed by atoms with van der Waals surface area (Å²) in [7, 11) is 1.84. The fourth-order valence-electron chi connectivity index (χ4n) is 1.51. The number of ether oxygens (including phenoxy) is 1. The van der Waals surface area contributed by atoms with Gasteiger partial charge in [-0.1, -0.05) is 0 Å². The molecule has 0 aromatic heterocycles. The quantitative estimate of drug-likeness (QED) is 0.695. The molecule has 3 nitrogen and oxygen atoms in total. The first-order valence-electron chi connectivity index (χ1n) is 5.44. The van der Waals surface area contributed by atoms with Gasteiger partial charge in [-0.15, -0.1) is 0 Å². The van der Waals surface area contributed by atoms with Crippen LogP contribution in [0.15, 0.2) is 0 Å². The number of rotatable bonds is 1. The summed E-state index contributed by atoms with van der Waals surface area (Å²) >= 11 is 1.92. The Morgan fingerprint density at radius 2 is 2.13 bits per heavy atom. The molecule has 1 heterocycles. The average molecular weight is 231 g/mol. The summed E-state index contributed by atoms with van der Waals surface area (Å²) in [6.45, 7) is 5.69. The third-order valence-electron chi connectivity index (χ3n) is 2.37. The van der Waals surface area contributed by atoms with Gasteiger partial charge in [-0.25, -0.2) is 4.79 Å². The Kier molecular flexibility index (Phi) is 4.32. The van der Waals surface area contributed by atoms with Crippen LogP contribution in [0.1, 0.15) is 33.6 Å². The van der Waals surface area contributed by atoms with Crippen LogP contribution >= 0.6 is 11.8 Å². The van der Waals surface area contributed by atoms with Gasteiger partial charge in [0, 0.05) is 18.8 Å². The molecule has 1 fully saturated rings. The first-order chi connectivity index (χ1) is 6.90. The van der Waals surface area contributed by atoms with Crippen LogP contribution in [-0.4, -0.2) is 41.2 Å². The van der Waals surface area contributed by atoms with E-state index in [0.717, 1.165) is 12.2 Å². The molecule has 1 atom stereocenters. The van der Waals surface area contributed by atoms with Gasteiger partial charge in [0.2, 0.25) is 0 Å². The molecular weight excluding hydrogens is 210 g/mol. The number of thioether (sulfide) groups is 1. The van der Waals surface area contributed by atoms with Gasteiger partial charge >= 0.3 is 6.09 Å². The molecule has 1 rings (SSSR count). The van der Waals surface area contributed by atoms with E-state index in [0.29, 0.717) is 6.04 Å². The Morgan fingerprint density at radius 3 is 2.60 bits per heavy atom. The molecule has 1 aliphatic heterocycles. The molecule has 0 radical (unpaired) electrons. The van der Waals surface area contributed by atoms with E-state index < -0.39 is 5.60 Å². The standard InChI is InChI=1S/C11H21NO2S/c1-11(2,3)14-10(13)12(4)9-6-5-7-15-8-9/h9H,5-8H2,1-4H3. The van der Waals surface area contributed by atoms with Crippen LogP contribution in [0.3, 0.4) is 0 Å². The lowest BCUT2D eigenvalue weighted by molar-refractivity contribution is 0.0231. The van der Waals surface area contributed by atoms with Crippen molar-refractivity contribution >= 4 is 17.9 Å². The smallest absolute Gasteiger partial charge is 0.410 e. The lowest BCUT2D eigenvalue weighted by atomic mass is 10.1. The molecule has 1 saturated heterocycles. The first-order valence-corrected chi connectivity index (χ1v) is 6.59. The van der Waals surface area contributed by atoms with Crippen LogP contribution < -0.4 is 0 Å². The van der Waals surface area contributed by atoms with E-state index >= 15 is 0 Å². The molecule has 0 spiro atoms. The second-order valence-electron chi connectivity index (χ2n) is 4.96. The van der Waals surface area contributed by atoms with Gasteiger partial charge in [-0.05, 0) is 39.4 Å². The summed E-state index contributed by atoms with van der Waals surface area (Å²) in [6.07, 6.45) is 2.10. The minimum Gasteiger partial charge on any atom is -0.444 e. The van der Waals surface area contributed by atoms with E-state index in [2.05, 4.69) is 0 Å². The fraction of sp³-hybridized carbons (Fsp3) is 0.909. The monoisotopic (exact) mass is 231 g/mol. The zero-order chi connectivity index (χ0) is 11.5. The Bertz CT molecular complexity index is 219. The van der Waals surface area contributed by atoms with Gasteiger partial charge in [0.15, 0.2) is 0 Å². The molecule has 0 aromatic carbocycles. The Labute approximate surface area is 96.5 Å². The van der Waals surface area contributed by atoms with Gasteiger partial charge in [-0.2, -0.15) is 11.8 Å². The summed E-state index contributed by atoms with van der Waals surface area (Å²) in [5.74, 6) is 2.26. The molecule has 1 aliphatic rings. The Morgan fingerprint density at radius 1 is 1.47 bits per heavy atom. The molecule has 1 amide bonds. The zero-order valence-electron chi connectivity index (χ0n) is 10.1. The van der Waals surface area contributed by atoms with Crippen LogP contribution in [0.2, 0.25) is 0 Å². The van der Waals surface area contributed by atoms with Crippen molar-refractivity contribution in [3.63, 3.8) is 0 Å². The van der Waals surface area contributed by atoms with Crippen LogP contribution in [0.4, 0.5) is 4.79 Å². The van der Waals surface area contributed by atoms with Crippen molar-refractivity contribution in [3.8, 4) is 0 Å². The highest BCUT2D eigenvalue weighted by Gasteiger charge is 2.26. The number of nitrogens with zero attached hydrogens (tertiary/aromatic N) is 1. The largest absolute Gasteiger partial charge is 0.444 e. The first kappa shape index (κ1) is 12.7. The molecule has 0 N–H and O–H groups in total. The number of hydrogen-bond donors (Lipinski definition) is 0. The van der Waals surface area contributed by atoms with E-state index in [1.807, 2.05) is 39.6 Å². The van der Waals surface area contributed by atoms with E-state index in [1.165, 1.54) is 12.2 Å². The predicted octanol–water partition coefficient (Wildman–Crippen LogP) is 2.75. The number of carbonyl (C=O) groups excluding carboxylic acids is 1. The summed E-state index contributed by atoms with van der Waals surface area (Å²) in [5, 5.41) is 0. The van der Waals surface area contributed by atoms with E-state index in [-0.39, 0.29) is 6.09 Å². The molecular formula is C11H21NO2S. The second-order valence-corrected chi connectivity index (χ2v) is 6.11. The van der Waals surface area contributed by atoms with Crippen molar-refractivity contribution in [2.45, 2.75) is 45.3 Å². The summed E-state index contributed by atoms with van der Waals surface area (Å²) in [4.78, 5) is 13.5. The van der Waals surface area contributed by atoms with Crippen LogP contribution in [0.25, 0.3) is 0 Å². The van der Waals surface area contributed by atoms with Crippen LogP contribution in [-0.2, 0) is 4.74 Å². The normalized spacial score (nSPS) is 22.3. The van der Waals surface area contributed by atoms with Gasteiger partial charge in [-0.3, -0.25) is 0 Å². The molecule has 88 valence electrons. The summed E-state index contributed by atoms with van der Waals surface area (Å²) in [5.41, 5.74) is -0.396. The number of amides is 1. The van der Waals surface area contributed by atoms with Crippen LogP contribution in [0, 0.1) is 0 Å². The predicted molar refractivity (Wildman–Crippen MR) is 64.3 cm³/mol. The third kappa shape index (κ3) is 4.33. The number of hydrogen-bond acceptors (Lipinski definition) is 3. The van der Waals surface area contributed by atoms with Gasteiger partial charge < -0.3 is 9.64 Å². The maximum Gasteiger partial charge on any atom is 0.410 e. The molecule has 0 aromatic rings. The Balaban J connectivity index is 2.44. The van der Waals surface area contributed by atoms with Gasteiger partial charge in [0.25, 0.3) is 0 Å². The van der Waals surface area contributed by atoms with Crippen LogP contribution in [0.5, 0.6) is 0 Å². The fourth-order valence-corrected chi connectivity index (χ4v) is 2.71. The number of carbonyl (C=O) groups is 1. The molecule has 1 unspecified atom stereocenters. The minimum absolute atomic E-state index is 0.199. The van der Waals surface area contributed by atoms with Crippen molar-refractivity contribution in [1.82, 2.24) is 4.90 Å². The Hall–Kier alpha value is -0.380. The lowest BCUT2D eigenvalue weighted by Crippen LogP contribution is -2.43. The van der Waals surface area contributed by atoms with Crippen molar-refractivity contribution in [2.75, 3.05) is 18.6 Å². The molecule has 0 bridgehead atoms. The van der Waals surface area contributed by atoms with Gasteiger partial charge in [0.1, 0.15) is 5.60 Å². The van der Waals surface area contributed by atoms with Gasteiger partial charge in [0.05, 0.1) is 0 Å². The summed E-state index contributed by atoms with van der Waals surface area (Å²) in [6, 6.07) is 0.346. The maximum absolute atomic E-state index is 11.8. The third-order valence-corrected chi connectivity index (χ3v) is 3.56. The highest BCUT2D eigenvalue weighted by molar-refractivity contribution is 7.99. The van der Waals surface area contributed by atoms with Crippen molar-refractivity contribution < 1.29 is 9.53 Å². The average Bonchev–Trinajstić information content (AvgIpc) is 2.15. The van der Waals surface area contributed by atoms with Crippen molar-refractivity contribution in [1.29, 1.82) is 0 Å². The lowest BCUT2D eigenvalue weighted by Gasteiger charge is -2.32. The molecule has 0 saturated carbocycles. The highest BCUT2D eigenvalue weighted by Crippen LogP contribution is 2.22. The molecule has 15 heavy (non-hydrogen) atoms. The van der Waals surface area contributed by atoms with Crippen molar-refractivity contribution in [2.24, 2.45) is 0 Å². The SMILES string of the molecule is CN(C(=O)OC(C)(C)C)C1CCCSC1.